The minimum atomic E-state index is -3.65. The van der Waals surface area contributed by atoms with Crippen molar-refractivity contribution in [1.82, 2.24) is 14.0 Å². The molecule has 2 aromatic rings. The number of hydrogen-bond donors (Lipinski definition) is 2. The maximum absolute atomic E-state index is 13.7. The van der Waals surface area contributed by atoms with Gasteiger partial charge in [0.25, 0.3) is 10.2 Å². The number of benzene rings is 1. The smallest absolute Gasteiger partial charge is 0.279 e. The lowest BCUT2D eigenvalue weighted by Gasteiger charge is -2.48. The van der Waals surface area contributed by atoms with Gasteiger partial charge in [0.15, 0.2) is 0 Å². The van der Waals surface area contributed by atoms with Gasteiger partial charge in [-0.05, 0) is 29.9 Å². The van der Waals surface area contributed by atoms with Crippen LogP contribution in [-0.4, -0.2) is 49.9 Å². The third-order valence-electron chi connectivity index (χ3n) is 5.96. The zero-order valence-corrected chi connectivity index (χ0v) is 19.8. The highest BCUT2D eigenvalue weighted by Crippen LogP contribution is 2.42. The Kier molecular flexibility index (Phi) is 6.19. The second kappa shape index (κ2) is 8.62. The molecule has 1 amide bonds. The lowest BCUT2D eigenvalue weighted by atomic mass is 9.71. The van der Waals surface area contributed by atoms with E-state index in [1.54, 1.807) is 0 Å². The first-order chi connectivity index (χ1) is 15.2. The van der Waals surface area contributed by atoms with E-state index in [0.29, 0.717) is 11.4 Å². The van der Waals surface area contributed by atoms with Crippen LogP contribution in [0.3, 0.4) is 0 Å². The van der Waals surface area contributed by atoms with Crippen LogP contribution >= 0.6 is 11.6 Å². The van der Waals surface area contributed by atoms with Crippen molar-refractivity contribution in [1.29, 1.82) is 0 Å². The van der Waals surface area contributed by atoms with Gasteiger partial charge in [0, 0.05) is 25.2 Å². The van der Waals surface area contributed by atoms with Gasteiger partial charge in [-0.15, -0.1) is 0 Å². The van der Waals surface area contributed by atoms with E-state index in [1.807, 2.05) is 24.3 Å². The molecule has 4 rings (SSSR count). The lowest BCUT2D eigenvalue weighted by molar-refractivity contribution is -0.125. The van der Waals surface area contributed by atoms with Crippen molar-refractivity contribution in [3.05, 3.63) is 52.8 Å². The van der Waals surface area contributed by atoms with Gasteiger partial charge in [-0.3, -0.25) is 4.79 Å². The number of methoxy groups -OCH3 is 1. The number of ether oxygens (including phenoxy) is 1. The molecule has 0 atom stereocenters. The summed E-state index contributed by atoms with van der Waals surface area (Å²) in [5.74, 6) is 0.230. The summed E-state index contributed by atoms with van der Waals surface area (Å²) in [6.07, 6.45) is 3.12. The van der Waals surface area contributed by atoms with Gasteiger partial charge in [0.1, 0.15) is 22.0 Å². The van der Waals surface area contributed by atoms with E-state index >= 15 is 0 Å². The van der Waals surface area contributed by atoms with Crippen molar-refractivity contribution in [2.24, 2.45) is 0 Å². The molecule has 1 aliphatic carbocycles. The Morgan fingerprint density at radius 1 is 1.28 bits per heavy atom. The molecule has 32 heavy (non-hydrogen) atoms. The normalized spacial score (nSPS) is 18.3. The Morgan fingerprint density at radius 3 is 2.59 bits per heavy atom. The zero-order chi connectivity index (χ0) is 23.1. The summed E-state index contributed by atoms with van der Waals surface area (Å²) in [6.45, 7) is 4.21. The second-order valence-electron chi connectivity index (χ2n) is 8.65. The summed E-state index contributed by atoms with van der Waals surface area (Å²) in [6, 6.07) is 9.21. The number of nitrogens with zero attached hydrogens (tertiary/aromatic N) is 2. The largest absolute Gasteiger partial charge is 0.494 e. The summed E-state index contributed by atoms with van der Waals surface area (Å²) in [4.78, 5) is 17.7. The zero-order valence-electron chi connectivity index (χ0n) is 18.3. The van der Waals surface area contributed by atoms with Crippen LogP contribution in [0.5, 0.6) is 5.75 Å². The topological polar surface area (TPSA) is 101 Å². The predicted molar refractivity (Wildman–Crippen MR) is 123 cm³/mol. The van der Waals surface area contributed by atoms with Crippen molar-refractivity contribution >= 4 is 33.4 Å². The molecular weight excluding hydrogens is 452 g/mol. The van der Waals surface area contributed by atoms with Gasteiger partial charge >= 0.3 is 0 Å². The fourth-order valence-corrected chi connectivity index (χ4v) is 5.74. The fourth-order valence-electron chi connectivity index (χ4n) is 4.00. The molecular formula is C22H27ClN4O4S. The molecule has 172 valence electrons. The fraction of sp³-hybridized carbons (Fsp3) is 0.455. The Balaban J connectivity index is 1.69. The van der Waals surface area contributed by atoms with Crippen molar-refractivity contribution in [3.8, 4) is 5.75 Å². The van der Waals surface area contributed by atoms with Crippen molar-refractivity contribution in [3.63, 3.8) is 0 Å². The maximum atomic E-state index is 13.7. The van der Waals surface area contributed by atoms with Gasteiger partial charge in [-0.2, -0.15) is 17.4 Å². The van der Waals surface area contributed by atoms with Crippen LogP contribution in [0, 0.1) is 0 Å². The number of amides is 1. The number of carbonyl (C=O) groups excluding carboxylic acids is 1. The van der Waals surface area contributed by atoms with Gasteiger partial charge in [0.2, 0.25) is 5.91 Å². The lowest BCUT2D eigenvalue weighted by Crippen LogP contribution is -2.68. The quantitative estimate of drug-likeness (QED) is 0.568. The van der Waals surface area contributed by atoms with Crippen LogP contribution in [0.2, 0.25) is 5.15 Å². The number of pyridine rings is 1. The molecule has 2 aliphatic rings. The standard InChI is InChI=1S/C22H27ClN4O4S/c1-14(2)16-6-4-5-7-17(16)22(12-27(13-22)32(29,30)26-15-8-9-15)21(28)25-18-11-24-20(23)10-19(18)31-3/h4-7,10-11,14-15,26H,8-9,12-13H2,1-3H3,(H,25,28). The monoisotopic (exact) mass is 478 g/mol. The molecule has 0 unspecified atom stereocenters. The first kappa shape index (κ1) is 23.0. The molecule has 0 radical (unpaired) electrons. The molecule has 1 saturated heterocycles. The minimum Gasteiger partial charge on any atom is -0.494 e. The first-order valence-electron chi connectivity index (χ1n) is 10.5. The number of nitrogens with one attached hydrogen (secondary N) is 2. The highest BCUT2D eigenvalue weighted by Gasteiger charge is 2.56. The Hall–Kier alpha value is -2.20. The van der Waals surface area contributed by atoms with E-state index in [4.69, 9.17) is 16.3 Å². The Morgan fingerprint density at radius 2 is 1.97 bits per heavy atom. The summed E-state index contributed by atoms with van der Waals surface area (Å²) < 4.78 is 34.9. The predicted octanol–water partition coefficient (Wildman–Crippen LogP) is 3.06. The summed E-state index contributed by atoms with van der Waals surface area (Å²) in [5.41, 5.74) is 1.17. The Bertz CT molecular complexity index is 1130. The van der Waals surface area contributed by atoms with Crippen LogP contribution < -0.4 is 14.8 Å². The van der Waals surface area contributed by atoms with E-state index in [9.17, 15) is 13.2 Å². The molecule has 0 spiro atoms. The number of aromatic nitrogens is 1. The minimum absolute atomic E-state index is 0.00354. The maximum Gasteiger partial charge on any atom is 0.279 e. The number of rotatable bonds is 8. The average molecular weight is 479 g/mol. The molecule has 1 aromatic carbocycles. The van der Waals surface area contributed by atoms with Crippen molar-refractivity contribution in [2.45, 2.75) is 44.1 Å². The summed E-state index contributed by atoms with van der Waals surface area (Å²) in [5, 5.41) is 3.14. The molecule has 10 heteroatoms. The van der Waals surface area contributed by atoms with Crippen molar-refractivity contribution in [2.75, 3.05) is 25.5 Å². The third-order valence-corrected chi connectivity index (χ3v) is 7.74. The number of anilines is 1. The SMILES string of the molecule is COc1cc(Cl)ncc1NC(=O)C1(c2ccccc2C(C)C)CN(S(=O)(=O)NC2CC2)C1. The number of hydrogen-bond acceptors (Lipinski definition) is 5. The average Bonchev–Trinajstić information content (AvgIpc) is 3.51. The third kappa shape index (κ3) is 4.34. The van der Waals surface area contributed by atoms with E-state index in [0.717, 1.165) is 24.0 Å². The van der Waals surface area contributed by atoms with E-state index in [-0.39, 0.29) is 36.1 Å². The highest BCUT2D eigenvalue weighted by molar-refractivity contribution is 7.87. The molecule has 2 heterocycles. The molecule has 2 fully saturated rings. The van der Waals surface area contributed by atoms with E-state index in [2.05, 4.69) is 28.9 Å². The second-order valence-corrected chi connectivity index (χ2v) is 10.7. The van der Waals surface area contributed by atoms with Crippen molar-refractivity contribution < 1.29 is 17.9 Å². The van der Waals surface area contributed by atoms with E-state index in [1.165, 1.54) is 23.7 Å². The van der Waals surface area contributed by atoms with Gasteiger partial charge in [0.05, 0.1) is 13.3 Å². The van der Waals surface area contributed by atoms with Crippen LogP contribution in [0.25, 0.3) is 0 Å². The molecule has 8 nitrogen and oxygen atoms in total. The van der Waals surface area contributed by atoms with Crippen LogP contribution in [0.4, 0.5) is 5.69 Å². The number of carbonyl (C=O) groups is 1. The van der Waals surface area contributed by atoms with Gasteiger partial charge in [-0.25, -0.2) is 4.98 Å². The molecule has 0 bridgehead atoms. The van der Waals surface area contributed by atoms with E-state index < -0.39 is 15.6 Å². The number of halogens is 1. The van der Waals surface area contributed by atoms with Crippen LogP contribution in [0.15, 0.2) is 36.5 Å². The molecule has 1 aliphatic heterocycles. The molecule has 1 aromatic heterocycles. The van der Waals surface area contributed by atoms with Gasteiger partial charge in [-0.1, -0.05) is 49.7 Å². The summed E-state index contributed by atoms with van der Waals surface area (Å²) in [7, 11) is -2.17. The van der Waals surface area contributed by atoms with Crippen LogP contribution in [0.1, 0.15) is 43.7 Å². The summed E-state index contributed by atoms with van der Waals surface area (Å²) >= 11 is 5.94. The highest BCUT2D eigenvalue weighted by atomic mass is 35.5. The molecule has 1 saturated carbocycles. The van der Waals surface area contributed by atoms with Crippen LogP contribution in [-0.2, 0) is 20.4 Å². The Labute approximate surface area is 193 Å². The first-order valence-corrected chi connectivity index (χ1v) is 12.4. The van der Waals surface area contributed by atoms with Gasteiger partial charge < -0.3 is 10.1 Å². The molecule has 2 N–H and O–H groups in total.